The van der Waals surface area contributed by atoms with E-state index in [1.54, 1.807) is 6.20 Å². The summed E-state index contributed by atoms with van der Waals surface area (Å²) in [6.45, 7) is 8.43. The number of rotatable bonds is 7. The third-order valence-corrected chi connectivity index (χ3v) is 2.37. The first-order valence-corrected chi connectivity index (χ1v) is 6.01. The van der Waals surface area contributed by atoms with Crippen molar-refractivity contribution in [2.45, 2.75) is 26.8 Å². The molecule has 0 fully saturated rings. The van der Waals surface area contributed by atoms with Crippen molar-refractivity contribution in [3.05, 3.63) is 29.8 Å². The highest BCUT2D eigenvalue weighted by molar-refractivity contribution is 5.14. The van der Waals surface area contributed by atoms with E-state index in [2.05, 4.69) is 24.1 Å². The van der Waals surface area contributed by atoms with Gasteiger partial charge in [0.1, 0.15) is 5.82 Å². The van der Waals surface area contributed by atoms with Crippen molar-refractivity contribution in [3.8, 4) is 0 Å². The predicted octanol–water partition coefficient (Wildman–Crippen LogP) is 2.54. The minimum absolute atomic E-state index is 0.0841. The highest BCUT2D eigenvalue weighted by Crippen LogP contribution is 2.11. The molecule has 0 saturated carbocycles. The molecule has 3 nitrogen and oxygen atoms in total. The molecule has 0 aliphatic rings. The molecule has 0 spiro atoms. The molecular weight excluding hydrogens is 219 g/mol. The van der Waals surface area contributed by atoms with Gasteiger partial charge in [-0.3, -0.25) is 4.98 Å². The van der Waals surface area contributed by atoms with Gasteiger partial charge in [-0.05, 0) is 24.5 Å². The van der Waals surface area contributed by atoms with E-state index < -0.39 is 0 Å². The Morgan fingerprint density at radius 1 is 1.35 bits per heavy atom. The molecule has 1 atom stereocenters. The lowest BCUT2D eigenvalue weighted by Gasteiger charge is -2.14. The molecule has 1 rings (SSSR count). The first-order chi connectivity index (χ1) is 8.09. The lowest BCUT2D eigenvalue weighted by Crippen LogP contribution is -2.24. The number of hydrogen-bond acceptors (Lipinski definition) is 3. The Hall–Kier alpha value is -1.00. The molecule has 1 aromatic heterocycles. The zero-order valence-electron chi connectivity index (χ0n) is 10.7. The van der Waals surface area contributed by atoms with Crippen molar-refractivity contribution >= 4 is 0 Å². The summed E-state index contributed by atoms with van der Waals surface area (Å²) in [7, 11) is 0. The maximum atomic E-state index is 12.9. The Morgan fingerprint density at radius 2 is 2.12 bits per heavy atom. The van der Waals surface area contributed by atoms with Crippen LogP contribution < -0.4 is 5.32 Å². The fraction of sp³-hybridized carbons (Fsp3) is 0.615. The van der Waals surface area contributed by atoms with Gasteiger partial charge in [-0.2, -0.15) is 0 Å². The van der Waals surface area contributed by atoms with Crippen LogP contribution in [0, 0.1) is 11.7 Å². The summed E-state index contributed by atoms with van der Waals surface area (Å²) in [6.07, 6.45) is 2.89. The van der Waals surface area contributed by atoms with E-state index in [4.69, 9.17) is 4.74 Å². The van der Waals surface area contributed by atoms with Gasteiger partial charge in [0.15, 0.2) is 0 Å². The summed E-state index contributed by atoms with van der Waals surface area (Å²) < 4.78 is 18.4. The van der Waals surface area contributed by atoms with Crippen LogP contribution in [0.25, 0.3) is 0 Å². The summed E-state index contributed by atoms with van der Waals surface area (Å²) >= 11 is 0. The highest BCUT2D eigenvalue weighted by Gasteiger charge is 2.05. The van der Waals surface area contributed by atoms with E-state index >= 15 is 0 Å². The second-order valence-corrected chi connectivity index (χ2v) is 4.58. The minimum atomic E-state index is -0.299. The monoisotopic (exact) mass is 240 g/mol. The van der Waals surface area contributed by atoms with Gasteiger partial charge in [0, 0.05) is 25.4 Å². The first kappa shape index (κ1) is 14.1. The number of nitrogens with zero attached hydrogens (tertiary/aromatic N) is 1. The lowest BCUT2D eigenvalue weighted by atomic mass is 10.1. The molecule has 96 valence electrons. The highest BCUT2D eigenvalue weighted by atomic mass is 19.1. The molecule has 17 heavy (non-hydrogen) atoms. The number of pyridine rings is 1. The van der Waals surface area contributed by atoms with E-state index in [-0.39, 0.29) is 11.9 Å². The van der Waals surface area contributed by atoms with Crippen molar-refractivity contribution < 1.29 is 9.13 Å². The number of aromatic nitrogens is 1. The van der Waals surface area contributed by atoms with Gasteiger partial charge in [-0.25, -0.2) is 4.39 Å². The zero-order chi connectivity index (χ0) is 12.7. The Morgan fingerprint density at radius 3 is 2.76 bits per heavy atom. The summed E-state index contributed by atoms with van der Waals surface area (Å²) in [5.74, 6) is 0.257. The summed E-state index contributed by atoms with van der Waals surface area (Å²) in [5, 5.41) is 3.27. The van der Waals surface area contributed by atoms with Crippen LogP contribution in [0.15, 0.2) is 18.5 Å². The van der Waals surface area contributed by atoms with Gasteiger partial charge in [-0.15, -0.1) is 0 Å². The second kappa shape index (κ2) is 7.35. The maximum absolute atomic E-state index is 12.9. The molecule has 0 amide bonds. The van der Waals surface area contributed by atoms with Gasteiger partial charge >= 0.3 is 0 Å². The van der Waals surface area contributed by atoms with Gasteiger partial charge < -0.3 is 10.1 Å². The Kier molecular flexibility index (Phi) is 6.08. The van der Waals surface area contributed by atoms with Gasteiger partial charge in [0.2, 0.25) is 0 Å². The van der Waals surface area contributed by atoms with E-state index in [1.807, 2.05) is 6.92 Å². The first-order valence-electron chi connectivity index (χ1n) is 6.01. The maximum Gasteiger partial charge on any atom is 0.141 e. The largest absolute Gasteiger partial charge is 0.380 e. The molecule has 1 heterocycles. The molecule has 0 aliphatic heterocycles. The molecule has 1 aromatic rings. The number of nitrogens with one attached hydrogen (secondary N) is 1. The van der Waals surface area contributed by atoms with Gasteiger partial charge in [-0.1, -0.05) is 13.8 Å². The van der Waals surface area contributed by atoms with Crippen LogP contribution >= 0.6 is 0 Å². The smallest absolute Gasteiger partial charge is 0.141 e. The molecule has 1 unspecified atom stereocenters. The third kappa shape index (κ3) is 5.75. The Bertz CT molecular complexity index is 331. The second-order valence-electron chi connectivity index (χ2n) is 4.58. The SMILES string of the molecule is CC(C)COCCNC(C)c1cncc(F)c1. The molecule has 0 bridgehead atoms. The van der Waals surface area contributed by atoms with E-state index in [9.17, 15) is 4.39 Å². The minimum Gasteiger partial charge on any atom is -0.380 e. The van der Waals surface area contributed by atoms with Crippen molar-refractivity contribution in [1.29, 1.82) is 0 Å². The van der Waals surface area contributed by atoms with E-state index in [1.165, 1.54) is 12.3 Å². The standard InChI is InChI=1S/C13H21FN2O/c1-10(2)9-17-5-4-16-11(3)12-6-13(14)8-15-7-12/h6-8,10-11,16H,4-5,9H2,1-3H3. The lowest BCUT2D eigenvalue weighted by molar-refractivity contribution is 0.110. The van der Waals surface area contributed by atoms with Crippen molar-refractivity contribution in [1.82, 2.24) is 10.3 Å². The predicted molar refractivity (Wildman–Crippen MR) is 66.3 cm³/mol. The topological polar surface area (TPSA) is 34.1 Å². The number of ether oxygens (including phenoxy) is 1. The van der Waals surface area contributed by atoms with Crippen LogP contribution in [-0.4, -0.2) is 24.7 Å². The average molecular weight is 240 g/mol. The van der Waals surface area contributed by atoms with E-state index in [0.717, 1.165) is 18.7 Å². The fourth-order valence-electron chi connectivity index (χ4n) is 1.45. The van der Waals surface area contributed by atoms with Crippen LogP contribution in [0.3, 0.4) is 0 Å². The van der Waals surface area contributed by atoms with Crippen LogP contribution in [0.5, 0.6) is 0 Å². The van der Waals surface area contributed by atoms with Gasteiger partial charge in [0.05, 0.1) is 12.8 Å². The van der Waals surface area contributed by atoms with Crippen molar-refractivity contribution in [2.24, 2.45) is 5.92 Å². The van der Waals surface area contributed by atoms with Crippen molar-refractivity contribution in [2.75, 3.05) is 19.8 Å². The van der Waals surface area contributed by atoms with Crippen LogP contribution in [0.1, 0.15) is 32.4 Å². The van der Waals surface area contributed by atoms with Crippen LogP contribution in [-0.2, 0) is 4.74 Å². The quantitative estimate of drug-likeness (QED) is 0.744. The normalized spacial score (nSPS) is 13.0. The molecule has 0 radical (unpaired) electrons. The van der Waals surface area contributed by atoms with E-state index in [0.29, 0.717) is 12.5 Å². The molecule has 1 N–H and O–H groups in total. The average Bonchev–Trinajstić information content (AvgIpc) is 2.28. The zero-order valence-corrected chi connectivity index (χ0v) is 10.7. The summed E-state index contributed by atoms with van der Waals surface area (Å²) in [5.41, 5.74) is 0.855. The third-order valence-electron chi connectivity index (χ3n) is 2.37. The molecule has 0 aliphatic carbocycles. The Balaban J connectivity index is 2.23. The summed E-state index contributed by atoms with van der Waals surface area (Å²) in [6, 6.07) is 1.58. The molecular formula is C13H21FN2O. The molecule has 0 aromatic carbocycles. The number of halogens is 1. The van der Waals surface area contributed by atoms with Gasteiger partial charge in [0.25, 0.3) is 0 Å². The Labute approximate surface area is 102 Å². The fourth-order valence-corrected chi connectivity index (χ4v) is 1.45. The number of hydrogen-bond donors (Lipinski definition) is 1. The van der Waals surface area contributed by atoms with Crippen LogP contribution in [0.2, 0.25) is 0 Å². The van der Waals surface area contributed by atoms with Crippen molar-refractivity contribution in [3.63, 3.8) is 0 Å². The van der Waals surface area contributed by atoms with Crippen LogP contribution in [0.4, 0.5) is 4.39 Å². The molecule has 0 saturated heterocycles. The summed E-state index contributed by atoms with van der Waals surface area (Å²) in [4.78, 5) is 3.83. The molecule has 4 heteroatoms.